The Morgan fingerprint density at radius 3 is 2.16 bits per heavy atom. The fourth-order valence-corrected chi connectivity index (χ4v) is 1.95. The molecule has 1 saturated carbocycles. The Hall–Kier alpha value is -1.41. The van der Waals surface area contributed by atoms with Crippen molar-refractivity contribution in [1.29, 1.82) is 0 Å². The topological polar surface area (TPSA) is 66.4 Å². The fraction of sp³-hybridized carbons (Fsp3) is 0.800. The largest absolute Gasteiger partial charge is 0.481 e. The average molecular weight is 289 g/mol. The van der Waals surface area contributed by atoms with E-state index in [-0.39, 0.29) is 12.8 Å². The van der Waals surface area contributed by atoms with Crippen molar-refractivity contribution < 1.29 is 36.6 Å². The summed E-state index contributed by atoms with van der Waals surface area (Å²) in [5, 5.41) is 10.3. The highest BCUT2D eigenvalue weighted by Gasteiger charge is 2.63. The molecule has 1 fully saturated rings. The van der Waals surface area contributed by atoms with Gasteiger partial charge < -0.3 is 10.4 Å². The van der Waals surface area contributed by atoms with Crippen molar-refractivity contribution in [2.24, 2.45) is 5.92 Å². The van der Waals surface area contributed by atoms with Gasteiger partial charge in [0.05, 0.1) is 5.92 Å². The van der Waals surface area contributed by atoms with Crippen molar-refractivity contribution >= 4 is 11.9 Å². The summed E-state index contributed by atoms with van der Waals surface area (Å²) in [6, 6.07) is -0.976. The molecule has 2 N–H and O–H groups in total. The van der Waals surface area contributed by atoms with E-state index in [0.717, 1.165) is 0 Å². The van der Waals surface area contributed by atoms with Gasteiger partial charge in [-0.15, -0.1) is 0 Å². The Bertz CT molecular complexity index is 369. The molecule has 2 unspecified atom stereocenters. The van der Waals surface area contributed by atoms with Crippen LogP contribution in [-0.4, -0.2) is 35.1 Å². The molecule has 0 saturated heterocycles. The minimum absolute atomic E-state index is 0.144. The average Bonchev–Trinajstić information content (AvgIpc) is 2.27. The van der Waals surface area contributed by atoms with Crippen LogP contribution in [0.2, 0.25) is 0 Å². The van der Waals surface area contributed by atoms with Crippen molar-refractivity contribution in [3.05, 3.63) is 0 Å². The normalized spacial score (nSPS) is 24.9. The molecule has 1 rings (SSSR count). The maximum absolute atomic E-state index is 12.7. The molecule has 0 aliphatic heterocycles. The number of alkyl halides is 5. The van der Waals surface area contributed by atoms with Crippen LogP contribution in [0.25, 0.3) is 0 Å². The zero-order valence-electron chi connectivity index (χ0n) is 9.64. The van der Waals surface area contributed by atoms with E-state index >= 15 is 0 Å². The lowest BCUT2D eigenvalue weighted by atomic mass is 9.85. The van der Waals surface area contributed by atoms with Gasteiger partial charge in [0.2, 0.25) is 0 Å². The number of carboxylic acid groups (broad SMARTS) is 1. The Labute approximate surface area is 105 Å². The summed E-state index contributed by atoms with van der Waals surface area (Å²) in [6.45, 7) is 0. The van der Waals surface area contributed by atoms with Crippen LogP contribution in [0, 0.1) is 5.92 Å². The number of hydrogen-bond donors (Lipinski definition) is 2. The van der Waals surface area contributed by atoms with E-state index in [1.165, 1.54) is 0 Å². The number of halogens is 5. The van der Waals surface area contributed by atoms with E-state index in [0.29, 0.717) is 12.8 Å². The van der Waals surface area contributed by atoms with Gasteiger partial charge in [0.15, 0.2) is 0 Å². The SMILES string of the molecule is O=C(O)C1CCCC(NC(=O)C(F)(F)C(F)(F)F)C1. The van der Waals surface area contributed by atoms with Gasteiger partial charge in [-0.1, -0.05) is 6.42 Å². The summed E-state index contributed by atoms with van der Waals surface area (Å²) in [5.74, 6) is -9.89. The van der Waals surface area contributed by atoms with Gasteiger partial charge in [0.1, 0.15) is 0 Å². The Kier molecular flexibility index (Phi) is 4.36. The lowest BCUT2D eigenvalue weighted by Gasteiger charge is -2.29. The van der Waals surface area contributed by atoms with Gasteiger partial charge >= 0.3 is 24.0 Å². The smallest absolute Gasteiger partial charge is 0.463 e. The molecule has 1 amide bonds. The summed E-state index contributed by atoms with van der Waals surface area (Å²) in [5.41, 5.74) is 0. The molecule has 0 aromatic heterocycles. The van der Waals surface area contributed by atoms with Crippen LogP contribution >= 0.6 is 0 Å². The van der Waals surface area contributed by atoms with E-state index in [1.807, 2.05) is 0 Å². The molecule has 0 bridgehead atoms. The van der Waals surface area contributed by atoms with E-state index in [2.05, 4.69) is 0 Å². The first-order valence-electron chi connectivity index (χ1n) is 5.54. The van der Waals surface area contributed by atoms with Crippen molar-refractivity contribution in [2.45, 2.75) is 43.8 Å². The second-order valence-corrected chi connectivity index (χ2v) is 4.44. The quantitative estimate of drug-likeness (QED) is 0.780. The molecule has 2 atom stereocenters. The molecule has 0 radical (unpaired) electrons. The molecule has 1 aliphatic carbocycles. The van der Waals surface area contributed by atoms with E-state index in [9.17, 15) is 31.5 Å². The fourth-order valence-electron chi connectivity index (χ4n) is 1.95. The van der Waals surface area contributed by atoms with Crippen molar-refractivity contribution in [3.8, 4) is 0 Å². The number of carbonyl (C=O) groups excluding carboxylic acids is 1. The van der Waals surface area contributed by atoms with E-state index in [1.54, 1.807) is 5.32 Å². The summed E-state index contributed by atoms with van der Waals surface area (Å²) < 4.78 is 61.2. The third-order valence-electron chi connectivity index (χ3n) is 3.00. The molecule has 0 aromatic carbocycles. The Balaban J connectivity index is 2.65. The first kappa shape index (κ1) is 15.6. The van der Waals surface area contributed by atoms with E-state index < -0.39 is 35.9 Å². The maximum atomic E-state index is 12.7. The lowest BCUT2D eigenvalue weighted by Crippen LogP contribution is -2.53. The van der Waals surface area contributed by atoms with Gasteiger partial charge in [0.25, 0.3) is 0 Å². The number of rotatable bonds is 3. The molecule has 0 aromatic rings. The summed E-state index contributed by atoms with van der Waals surface area (Å²) in [4.78, 5) is 21.6. The minimum Gasteiger partial charge on any atom is -0.481 e. The van der Waals surface area contributed by atoms with Crippen LogP contribution in [0.1, 0.15) is 25.7 Å². The molecular formula is C10H12F5NO3. The number of aliphatic carboxylic acids is 1. The van der Waals surface area contributed by atoms with Crippen LogP contribution in [0.15, 0.2) is 0 Å². The molecule has 9 heteroatoms. The third-order valence-corrected chi connectivity index (χ3v) is 3.00. The van der Waals surface area contributed by atoms with Gasteiger partial charge in [-0.25, -0.2) is 0 Å². The maximum Gasteiger partial charge on any atom is 0.463 e. The zero-order chi connectivity index (χ0) is 14.8. The van der Waals surface area contributed by atoms with E-state index in [4.69, 9.17) is 5.11 Å². The van der Waals surface area contributed by atoms with Crippen LogP contribution in [-0.2, 0) is 9.59 Å². The van der Waals surface area contributed by atoms with Crippen LogP contribution in [0.5, 0.6) is 0 Å². The standard InChI is InChI=1S/C10H12F5NO3/c11-9(12,10(13,14)15)8(19)16-6-3-1-2-5(4-6)7(17)18/h5-6H,1-4H2,(H,16,19)(H,17,18). The van der Waals surface area contributed by atoms with Crippen LogP contribution < -0.4 is 5.32 Å². The zero-order valence-corrected chi connectivity index (χ0v) is 9.64. The van der Waals surface area contributed by atoms with Crippen LogP contribution in [0.3, 0.4) is 0 Å². The highest BCUT2D eigenvalue weighted by atomic mass is 19.4. The monoisotopic (exact) mass is 289 g/mol. The first-order valence-corrected chi connectivity index (χ1v) is 5.54. The second-order valence-electron chi connectivity index (χ2n) is 4.44. The number of hydrogen-bond acceptors (Lipinski definition) is 2. The third kappa shape index (κ3) is 3.54. The predicted octanol–water partition coefficient (Wildman–Crippen LogP) is 1.94. The van der Waals surface area contributed by atoms with Gasteiger partial charge in [0, 0.05) is 6.04 Å². The lowest BCUT2D eigenvalue weighted by molar-refractivity contribution is -0.270. The molecule has 4 nitrogen and oxygen atoms in total. The number of carboxylic acids is 1. The first-order chi connectivity index (χ1) is 8.55. The van der Waals surface area contributed by atoms with Crippen molar-refractivity contribution in [2.75, 3.05) is 0 Å². The molecule has 0 heterocycles. The van der Waals surface area contributed by atoms with Crippen molar-refractivity contribution in [3.63, 3.8) is 0 Å². The molecular weight excluding hydrogens is 277 g/mol. The molecule has 110 valence electrons. The predicted molar refractivity (Wildman–Crippen MR) is 52.5 cm³/mol. The van der Waals surface area contributed by atoms with Gasteiger partial charge in [-0.3, -0.25) is 9.59 Å². The molecule has 19 heavy (non-hydrogen) atoms. The minimum atomic E-state index is -5.96. The number of nitrogens with one attached hydrogen (secondary N) is 1. The highest BCUT2D eigenvalue weighted by Crippen LogP contribution is 2.36. The summed E-state index contributed by atoms with van der Waals surface area (Å²) >= 11 is 0. The Morgan fingerprint density at radius 1 is 1.11 bits per heavy atom. The second kappa shape index (κ2) is 5.30. The number of carbonyl (C=O) groups is 2. The Morgan fingerprint density at radius 2 is 1.68 bits per heavy atom. The van der Waals surface area contributed by atoms with Gasteiger partial charge in [-0.2, -0.15) is 22.0 Å². The summed E-state index contributed by atoms with van der Waals surface area (Å²) in [6.07, 6.45) is -5.26. The molecule has 1 aliphatic rings. The van der Waals surface area contributed by atoms with Crippen LogP contribution in [0.4, 0.5) is 22.0 Å². The molecule has 0 spiro atoms. The number of amides is 1. The van der Waals surface area contributed by atoms with Gasteiger partial charge in [-0.05, 0) is 19.3 Å². The summed E-state index contributed by atoms with van der Waals surface area (Å²) in [7, 11) is 0. The highest BCUT2D eigenvalue weighted by molar-refractivity contribution is 5.84. The van der Waals surface area contributed by atoms with Crippen molar-refractivity contribution in [1.82, 2.24) is 5.32 Å².